The van der Waals surface area contributed by atoms with E-state index in [1.807, 2.05) is 18.2 Å². The van der Waals surface area contributed by atoms with Crippen LogP contribution in [0.3, 0.4) is 0 Å². The molecule has 0 bridgehead atoms. The molecule has 1 aromatic carbocycles. The Labute approximate surface area is 123 Å². The van der Waals surface area contributed by atoms with Gasteiger partial charge in [0.15, 0.2) is 0 Å². The van der Waals surface area contributed by atoms with Crippen LogP contribution in [0.15, 0.2) is 35.5 Å². The number of aromatic nitrogens is 1. The smallest absolute Gasteiger partial charge is 0.0901 e. The summed E-state index contributed by atoms with van der Waals surface area (Å²) in [6, 6.07) is 7.26. The van der Waals surface area contributed by atoms with Crippen LogP contribution >= 0.6 is 11.6 Å². The van der Waals surface area contributed by atoms with Crippen LogP contribution in [-0.2, 0) is 0 Å². The lowest BCUT2D eigenvalue weighted by atomic mass is 10.2. The minimum Gasteiger partial charge on any atom is -0.428 e. The second-order valence-electron chi connectivity index (χ2n) is 4.62. The van der Waals surface area contributed by atoms with Crippen LogP contribution in [0.5, 0.6) is 0 Å². The van der Waals surface area contributed by atoms with E-state index in [0.29, 0.717) is 10.5 Å². The molecule has 0 spiro atoms. The number of benzene rings is 1. The molecule has 2 aromatic rings. The molecule has 1 aromatic heterocycles. The van der Waals surface area contributed by atoms with Gasteiger partial charge >= 0.3 is 0 Å². The fourth-order valence-corrected chi connectivity index (χ4v) is 2.38. The number of likely N-dealkylation sites (N-methyl/N-ethyl adjacent to an activating group) is 1. The summed E-state index contributed by atoms with van der Waals surface area (Å²) in [5.74, 6) is 0. The fraction of sp³-hybridized carbons (Fsp3) is 0.400. The summed E-state index contributed by atoms with van der Waals surface area (Å²) in [5, 5.41) is 12.2. The topological polar surface area (TPSA) is 40.8 Å². The van der Waals surface area contributed by atoms with Crippen molar-refractivity contribution >= 4 is 22.5 Å². The largest absolute Gasteiger partial charge is 0.428 e. The van der Waals surface area contributed by atoms with E-state index in [0.717, 1.165) is 41.7 Å². The molecular weight excluding hydrogens is 274 g/mol. The Morgan fingerprint density at radius 1 is 1.25 bits per heavy atom. The van der Waals surface area contributed by atoms with Gasteiger partial charge in [-0.15, -0.1) is 0 Å². The third-order valence-corrected chi connectivity index (χ3v) is 3.68. The van der Waals surface area contributed by atoms with Crippen molar-refractivity contribution in [1.29, 1.82) is 0 Å². The zero-order valence-electron chi connectivity index (χ0n) is 11.9. The Kier molecular flexibility index (Phi) is 5.04. The predicted molar refractivity (Wildman–Crippen MR) is 82.4 cm³/mol. The SMILES string of the molecule is CCN(CC)CCN=c1ccn(O)c2cc(Cl)ccc12. The zero-order chi connectivity index (χ0) is 14.5. The molecular formula is C15H20ClN3O. The van der Waals surface area contributed by atoms with E-state index in [1.54, 1.807) is 12.3 Å². The minimum absolute atomic E-state index is 0.598. The van der Waals surface area contributed by atoms with E-state index in [9.17, 15) is 5.21 Å². The first kappa shape index (κ1) is 14.9. The van der Waals surface area contributed by atoms with Gasteiger partial charge in [0.2, 0.25) is 0 Å². The second kappa shape index (κ2) is 6.77. The Bertz CT molecular complexity index is 647. The highest BCUT2D eigenvalue weighted by molar-refractivity contribution is 6.31. The van der Waals surface area contributed by atoms with E-state index < -0.39 is 0 Å². The van der Waals surface area contributed by atoms with Crippen molar-refractivity contribution in [3.63, 3.8) is 0 Å². The highest BCUT2D eigenvalue weighted by atomic mass is 35.5. The summed E-state index contributed by atoms with van der Waals surface area (Å²) in [6.45, 7) is 8.06. The number of halogens is 1. The Morgan fingerprint density at radius 3 is 2.70 bits per heavy atom. The lowest BCUT2D eigenvalue weighted by molar-refractivity contribution is 0.198. The Hall–Kier alpha value is -1.52. The molecule has 1 N–H and O–H groups in total. The van der Waals surface area contributed by atoms with Gasteiger partial charge in [0.1, 0.15) is 0 Å². The van der Waals surface area contributed by atoms with Crippen molar-refractivity contribution in [3.05, 3.63) is 40.8 Å². The van der Waals surface area contributed by atoms with Gasteiger partial charge in [0, 0.05) is 23.2 Å². The van der Waals surface area contributed by atoms with E-state index >= 15 is 0 Å². The number of fused-ring (bicyclic) bond motifs is 1. The standard InChI is InChI=1S/C15H20ClN3O/c1-3-18(4-2)10-8-17-14-7-9-19(20)15-11-12(16)5-6-13(14)15/h5-7,9,11,20H,3-4,8,10H2,1-2H3. The second-order valence-corrected chi connectivity index (χ2v) is 5.05. The maximum atomic E-state index is 9.82. The first-order valence-corrected chi connectivity index (χ1v) is 7.26. The summed E-state index contributed by atoms with van der Waals surface area (Å²) >= 11 is 5.96. The van der Waals surface area contributed by atoms with Crippen molar-refractivity contribution in [3.8, 4) is 0 Å². The average Bonchev–Trinajstić information content (AvgIpc) is 2.46. The number of nitrogens with zero attached hydrogens (tertiary/aromatic N) is 3. The van der Waals surface area contributed by atoms with E-state index in [2.05, 4.69) is 23.7 Å². The summed E-state index contributed by atoms with van der Waals surface area (Å²) in [4.78, 5) is 6.96. The van der Waals surface area contributed by atoms with Crippen LogP contribution in [0.2, 0.25) is 5.02 Å². The van der Waals surface area contributed by atoms with Gasteiger partial charge in [0.05, 0.1) is 17.4 Å². The molecule has 0 amide bonds. The first-order valence-electron chi connectivity index (χ1n) is 6.88. The third-order valence-electron chi connectivity index (χ3n) is 3.45. The molecule has 0 fully saturated rings. The quantitative estimate of drug-likeness (QED) is 0.861. The normalized spacial score (nSPS) is 12.5. The van der Waals surface area contributed by atoms with Crippen LogP contribution in [0, 0.1) is 0 Å². The number of hydrogen-bond donors (Lipinski definition) is 1. The molecule has 0 aliphatic heterocycles. The van der Waals surface area contributed by atoms with Crippen molar-refractivity contribution in [2.24, 2.45) is 4.99 Å². The lowest BCUT2D eigenvalue weighted by Gasteiger charge is -2.16. The molecule has 20 heavy (non-hydrogen) atoms. The van der Waals surface area contributed by atoms with Gasteiger partial charge in [-0.25, -0.2) is 0 Å². The summed E-state index contributed by atoms with van der Waals surface area (Å²) in [6.07, 6.45) is 1.59. The van der Waals surface area contributed by atoms with Crippen molar-refractivity contribution in [1.82, 2.24) is 9.63 Å². The molecule has 5 heteroatoms. The van der Waals surface area contributed by atoms with Crippen molar-refractivity contribution in [2.45, 2.75) is 13.8 Å². The molecule has 0 saturated carbocycles. The van der Waals surface area contributed by atoms with Crippen LogP contribution in [0.1, 0.15) is 13.8 Å². The van der Waals surface area contributed by atoms with Gasteiger partial charge in [-0.3, -0.25) is 4.99 Å². The minimum atomic E-state index is 0.598. The molecule has 0 unspecified atom stereocenters. The zero-order valence-corrected chi connectivity index (χ0v) is 12.6. The molecule has 108 valence electrons. The Morgan fingerprint density at radius 2 is 2.00 bits per heavy atom. The van der Waals surface area contributed by atoms with Gasteiger partial charge in [-0.2, -0.15) is 4.73 Å². The van der Waals surface area contributed by atoms with E-state index in [4.69, 9.17) is 11.6 Å². The molecule has 0 aliphatic carbocycles. The lowest BCUT2D eigenvalue weighted by Crippen LogP contribution is -2.26. The molecule has 4 nitrogen and oxygen atoms in total. The van der Waals surface area contributed by atoms with Crippen LogP contribution < -0.4 is 5.36 Å². The number of hydrogen-bond acceptors (Lipinski definition) is 3. The maximum absolute atomic E-state index is 9.82. The first-order chi connectivity index (χ1) is 9.65. The molecule has 0 saturated heterocycles. The van der Waals surface area contributed by atoms with Gasteiger partial charge in [-0.05, 0) is 37.4 Å². The molecule has 0 radical (unpaired) electrons. The average molecular weight is 294 g/mol. The van der Waals surface area contributed by atoms with E-state index in [-0.39, 0.29) is 0 Å². The summed E-state index contributed by atoms with van der Waals surface area (Å²) in [7, 11) is 0. The van der Waals surface area contributed by atoms with Crippen molar-refractivity contribution in [2.75, 3.05) is 26.2 Å². The third kappa shape index (κ3) is 3.32. The fourth-order valence-electron chi connectivity index (χ4n) is 2.21. The van der Waals surface area contributed by atoms with Gasteiger partial charge < -0.3 is 10.1 Å². The molecule has 0 atom stereocenters. The molecule has 1 heterocycles. The highest BCUT2D eigenvalue weighted by Crippen LogP contribution is 2.15. The van der Waals surface area contributed by atoms with Gasteiger partial charge in [-0.1, -0.05) is 25.4 Å². The monoisotopic (exact) mass is 293 g/mol. The molecule has 0 aliphatic rings. The Balaban J connectivity index is 2.33. The van der Waals surface area contributed by atoms with Gasteiger partial charge in [0.25, 0.3) is 0 Å². The predicted octanol–water partition coefficient (Wildman–Crippen LogP) is 2.77. The van der Waals surface area contributed by atoms with Crippen LogP contribution in [0.25, 0.3) is 10.9 Å². The maximum Gasteiger partial charge on any atom is 0.0901 e. The van der Waals surface area contributed by atoms with Crippen molar-refractivity contribution < 1.29 is 5.21 Å². The highest BCUT2D eigenvalue weighted by Gasteiger charge is 2.02. The number of pyridine rings is 1. The molecule has 2 rings (SSSR count). The summed E-state index contributed by atoms with van der Waals surface area (Å²) < 4.78 is 1.07. The number of rotatable bonds is 5. The van der Waals surface area contributed by atoms with Crippen LogP contribution in [-0.4, -0.2) is 41.0 Å². The van der Waals surface area contributed by atoms with Crippen LogP contribution in [0.4, 0.5) is 0 Å². The van der Waals surface area contributed by atoms with E-state index in [1.165, 1.54) is 0 Å². The summed E-state index contributed by atoms with van der Waals surface area (Å²) in [5.41, 5.74) is 0.668.